The predicted molar refractivity (Wildman–Crippen MR) is 139 cm³/mol. The number of aryl methyl sites for hydroxylation is 1. The Labute approximate surface area is 210 Å². The van der Waals surface area contributed by atoms with Crippen molar-refractivity contribution in [2.75, 3.05) is 0 Å². The number of rotatable bonds is 9. The van der Waals surface area contributed by atoms with Crippen LogP contribution in [0.1, 0.15) is 62.6 Å². The van der Waals surface area contributed by atoms with Gasteiger partial charge in [0.2, 0.25) is 0 Å². The molecule has 0 amide bonds. The van der Waals surface area contributed by atoms with Gasteiger partial charge in [-0.2, -0.15) is 0 Å². The second-order valence-electron chi connectivity index (χ2n) is 9.51. The number of halogens is 2. The van der Waals surface area contributed by atoms with E-state index in [1.807, 2.05) is 18.3 Å². The zero-order valence-corrected chi connectivity index (χ0v) is 20.7. The average molecular weight is 500 g/mol. The number of imidazole rings is 1. The summed E-state index contributed by atoms with van der Waals surface area (Å²) in [6.07, 6.45) is 6.27. The molecule has 8 nitrogen and oxygen atoms in total. The van der Waals surface area contributed by atoms with Crippen molar-refractivity contribution in [2.24, 2.45) is 22.4 Å². The van der Waals surface area contributed by atoms with E-state index in [9.17, 15) is 13.9 Å². The summed E-state index contributed by atoms with van der Waals surface area (Å²) in [6.45, 7) is 6.72. The maximum atomic E-state index is 13.8. The summed E-state index contributed by atoms with van der Waals surface area (Å²) < 4.78 is 29.5. The van der Waals surface area contributed by atoms with Gasteiger partial charge >= 0.3 is 0 Å². The molecule has 0 radical (unpaired) electrons. The number of nitrogens with zero attached hydrogens (tertiary/aromatic N) is 4. The first-order valence-electron chi connectivity index (χ1n) is 11.9. The quantitative estimate of drug-likeness (QED) is 0.152. The minimum atomic E-state index is -2.66. The Kier molecular flexibility index (Phi) is 8.65. The second-order valence-corrected chi connectivity index (χ2v) is 9.51. The number of aliphatic hydroxyl groups is 1. The van der Waals surface area contributed by atoms with Crippen LogP contribution in [0.2, 0.25) is 0 Å². The summed E-state index contributed by atoms with van der Waals surface area (Å²) in [6, 6.07) is 8.60. The molecule has 36 heavy (non-hydrogen) atoms. The number of hydrogen-bond acceptors (Lipinski definition) is 6. The molecule has 2 heterocycles. The van der Waals surface area contributed by atoms with Gasteiger partial charge < -0.3 is 16.6 Å². The van der Waals surface area contributed by atoms with Gasteiger partial charge in [-0.15, -0.1) is 5.10 Å². The minimum absolute atomic E-state index is 0.102. The third kappa shape index (κ3) is 7.02. The van der Waals surface area contributed by atoms with Crippen LogP contribution in [-0.4, -0.2) is 37.1 Å². The van der Waals surface area contributed by atoms with Gasteiger partial charge in [0, 0.05) is 22.9 Å². The fraction of sp³-hybridized carbons (Fsp3) is 0.385. The summed E-state index contributed by atoms with van der Waals surface area (Å²) in [5, 5.41) is 15.4. The molecule has 194 valence electrons. The van der Waals surface area contributed by atoms with Gasteiger partial charge in [-0.05, 0) is 75.9 Å². The lowest BCUT2D eigenvalue weighted by Gasteiger charge is -2.16. The smallest absolute Gasteiger partial charge is 0.264 e. The molecule has 1 fully saturated rings. The topological polar surface area (TPSA) is 131 Å². The standard InChI is InChI=1S/C24H30F2N6O.C2H5N/c1-24(2,33)10-3-4-15-9-11-31-20(14-29-21(31)12-15)19-13-16(5-8-18(19)22(25)26)23(27)30-32(28)17-6-7-17;1-2-3/h5,8-9,11-14,17,22,33H,3-4,6-7,10,28H2,1-2H3,(H2,27,30);2H,1,3H2. The number of hydrazone groups is 1. The lowest BCUT2D eigenvalue weighted by atomic mass is 9.99. The summed E-state index contributed by atoms with van der Waals surface area (Å²) in [4.78, 5) is 4.45. The number of amidine groups is 1. The second kappa shape index (κ2) is 11.5. The normalized spacial score (nSPS) is 14.0. The van der Waals surface area contributed by atoms with Crippen LogP contribution < -0.4 is 17.3 Å². The molecular formula is C26H35F2N7O. The molecule has 0 unspecified atom stereocenters. The molecule has 0 saturated heterocycles. The van der Waals surface area contributed by atoms with Crippen molar-refractivity contribution in [1.82, 2.24) is 14.5 Å². The first kappa shape index (κ1) is 27.1. The Bertz CT molecular complexity index is 1210. The van der Waals surface area contributed by atoms with Crippen molar-refractivity contribution in [3.05, 3.63) is 72.2 Å². The molecule has 1 aromatic carbocycles. The molecule has 1 aliphatic carbocycles. The zero-order valence-electron chi connectivity index (χ0n) is 20.7. The van der Waals surface area contributed by atoms with Crippen molar-refractivity contribution in [1.29, 1.82) is 0 Å². The molecule has 0 atom stereocenters. The van der Waals surface area contributed by atoms with E-state index in [1.54, 1.807) is 30.5 Å². The minimum Gasteiger partial charge on any atom is -0.405 e. The highest BCUT2D eigenvalue weighted by Crippen LogP contribution is 2.33. The van der Waals surface area contributed by atoms with Gasteiger partial charge in [-0.1, -0.05) is 18.7 Å². The number of aromatic nitrogens is 2. The van der Waals surface area contributed by atoms with E-state index in [2.05, 4.69) is 22.4 Å². The number of benzene rings is 1. The Hall–Kier alpha value is -3.50. The molecule has 1 saturated carbocycles. The average Bonchev–Trinajstić information content (AvgIpc) is 3.58. The van der Waals surface area contributed by atoms with Gasteiger partial charge in [0.25, 0.3) is 6.43 Å². The monoisotopic (exact) mass is 499 g/mol. The van der Waals surface area contributed by atoms with Crippen molar-refractivity contribution < 1.29 is 13.9 Å². The Morgan fingerprint density at radius 1 is 1.33 bits per heavy atom. The number of pyridine rings is 1. The number of alkyl halides is 2. The molecular weight excluding hydrogens is 464 g/mol. The molecule has 0 spiro atoms. The van der Waals surface area contributed by atoms with Crippen molar-refractivity contribution in [2.45, 2.75) is 64.0 Å². The summed E-state index contributed by atoms with van der Waals surface area (Å²) in [5.41, 5.74) is 13.1. The van der Waals surface area contributed by atoms with E-state index in [0.29, 0.717) is 28.9 Å². The third-order valence-corrected chi connectivity index (χ3v) is 5.84. The summed E-state index contributed by atoms with van der Waals surface area (Å²) >= 11 is 0. The molecule has 0 aliphatic heterocycles. The lowest BCUT2D eigenvalue weighted by Crippen LogP contribution is -2.31. The zero-order chi connectivity index (χ0) is 26.5. The fourth-order valence-corrected chi connectivity index (χ4v) is 3.83. The Morgan fingerprint density at radius 2 is 2.03 bits per heavy atom. The Morgan fingerprint density at radius 3 is 2.64 bits per heavy atom. The fourth-order valence-electron chi connectivity index (χ4n) is 3.83. The van der Waals surface area contributed by atoms with Gasteiger partial charge in [-0.3, -0.25) is 4.40 Å². The maximum Gasteiger partial charge on any atom is 0.264 e. The molecule has 10 heteroatoms. The van der Waals surface area contributed by atoms with Crippen LogP contribution in [-0.2, 0) is 6.42 Å². The number of hydrazine groups is 1. The van der Waals surface area contributed by atoms with Crippen LogP contribution in [0.25, 0.3) is 16.9 Å². The molecule has 2 aromatic heterocycles. The van der Waals surface area contributed by atoms with Gasteiger partial charge in [0.15, 0.2) is 5.84 Å². The first-order chi connectivity index (χ1) is 17.0. The van der Waals surface area contributed by atoms with Crippen molar-refractivity contribution in [3.8, 4) is 11.3 Å². The number of nitrogens with two attached hydrogens (primary N) is 3. The predicted octanol–water partition coefficient (Wildman–Crippen LogP) is 4.08. The van der Waals surface area contributed by atoms with Gasteiger partial charge in [-0.25, -0.2) is 24.7 Å². The highest BCUT2D eigenvalue weighted by molar-refractivity contribution is 5.98. The largest absolute Gasteiger partial charge is 0.405 e. The van der Waals surface area contributed by atoms with Crippen molar-refractivity contribution >= 4 is 11.5 Å². The third-order valence-electron chi connectivity index (χ3n) is 5.84. The lowest BCUT2D eigenvalue weighted by molar-refractivity contribution is 0.0689. The van der Waals surface area contributed by atoms with E-state index in [-0.39, 0.29) is 17.4 Å². The first-order valence-corrected chi connectivity index (χ1v) is 11.9. The van der Waals surface area contributed by atoms with E-state index < -0.39 is 12.0 Å². The number of fused-ring (bicyclic) bond motifs is 1. The van der Waals surface area contributed by atoms with Crippen LogP contribution in [0.5, 0.6) is 0 Å². The highest BCUT2D eigenvalue weighted by Gasteiger charge is 2.27. The van der Waals surface area contributed by atoms with Crippen LogP contribution in [0.3, 0.4) is 0 Å². The van der Waals surface area contributed by atoms with Crippen LogP contribution in [0.4, 0.5) is 8.78 Å². The highest BCUT2D eigenvalue weighted by atomic mass is 19.3. The van der Waals surface area contributed by atoms with Crippen molar-refractivity contribution in [3.63, 3.8) is 0 Å². The molecule has 3 aromatic rings. The van der Waals surface area contributed by atoms with E-state index in [0.717, 1.165) is 31.2 Å². The van der Waals surface area contributed by atoms with Crippen LogP contribution in [0, 0.1) is 0 Å². The van der Waals surface area contributed by atoms with E-state index >= 15 is 0 Å². The maximum absolute atomic E-state index is 13.8. The van der Waals surface area contributed by atoms with Crippen LogP contribution >= 0.6 is 0 Å². The molecule has 7 N–H and O–H groups in total. The van der Waals surface area contributed by atoms with Gasteiger partial charge in [0.1, 0.15) is 5.65 Å². The summed E-state index contributed by atoms with van der Waals surface area (Å²) in [7, 11) is 0. The molecule has 4 rings (SSSR count). The summed E-state index contributed by atoms with van der Waals surface area (Å²) in [5.74, 6) is 6.07. The van der Waals surface area contributed by atoms with E-state index in [4.69, 9.17) is 11.6 Å². The molecule has 1 aliphatic rings. The van der Waals surface area contributed by atoms with Gasteiger partial charge in [0.05, 0.1) is 23.5 Å². The SMILES string of the molecule is C=CN.CC(C)(O)CCCc1ccn2c(-c3cc(/C(N)=N/N(N)C4CC4)ccc3C(F)F)cnc2c1. The molecule has 0 bridgehead atoms. The Balaban J connectivity index is 0.00000115. The van der Waals surface area contributed by atoms with E-state index in [1.165, 1.54) is 23.5 Å². The number of hydrogen-bond donors (Lipinski definition) is 4. The van der Waals surface area contributed by atoms with Crippen LogP contribution in [0.15, 0.2) is 60.6 Å².